The van der Waals surface area contributed by atoms with Crippen LogP contribution in [0.2, 0.25) is 5.02 Å². The minimum Gasteiger partial charge on any atom is -0.356 e. The molecule has 0 unspecified atom stereocenters. The van der Waals surface area contributed by atoms with Crippen molar-refractivity contribution in [2.45, 2.75) is 13.5 Å². The maximum atomic E-state index is 14.0. The minimum absolute atomic E-state index is 0.316. The predicted octanol–water partition coefficient (Wildman–Crippen LogP) is 5.84. The Morgan fingerprint density at radius 1 is 1.20 bits per heavy atom. The summed E-state index contributed by atoms with van der Waals surface area (Å²) in [7, 11) is 0. The van der Waals surface area contributed by atoms with Gasteiger partial charge in [0.2, 0.25) is 0 Å². The van der Waals surface area contributed by atoms with E-state index >= 15 is 0 Å². The number of hydrogen-bond donors (Lipinski definition) is 0. The quantitative estimate of drug-likeness (QED) is 0.487. The molecule has 150 valence electrons. The van der Waals surface area contributed by atoms with Gasteiger partial charge >= 0.3 is 0 Å². The largest absolute Gasteiger partial charge is 0.356 e. The highest BCUT2D eigenvalue weighted by Crippen LogP contribution is 2.24. The molecule has 0 radical (unpaired) electrons. The summed E-state index contributed by atoms with van der Waals surface area (Å²) in [5, 5.41) is 10.8. The summed E-state index contributed by atoms with van der Waals surface area (Å²) in [5.74, 6) is 0.327. The van der Waals surface area contributed by atoms with E-state index in [-0.39, 0.29) is 5.82 Å². The second-order valence-electron chi connectivity index (χ2n) is 6.75. The van der Waals surface area contributed by atoms with Crippen molar-refractivity contribution < 1.29 is 8.91 Å². The fraction of sp³-hybridized carbons (Fsp3) is 0.0870. The second-order valence-corrected chi connectivity index (χ2v) is 7.18. The van der Waals surface area contributed by atoms with Crippen molar-refractivity contribution in [1.82, 2.24) is 10.2 Å². The van der Waals surface area contributed by atoms with Gasteiger partial charge < -0.3 is 4.52 Å². The zero-order chi connectivity index (χ0) is 21.1. The summed E-state index contributed by atoms with van der Waals surface area (Å²) in [6.45, 7) is 6.12. The molecular formula is C23H18ClFN4O. The van der Waals surface area contributed by atoms with Crippen LogP contribution in [0.15, 0.2) is 93.3 Å². The van der Waals surface area contributed by atoms with E-state index in [4.69, 9.17) is 16.1 Å². The van der Waals surface area contributed by atoms with Crippen molar-refractivity contribution in [2.75, 3.05) is 0 Å². The number of hydrogen-bond acceptors (Lipinski definition) is 5. The summed E-state index contributed by atoms with van der Waals surface area (Å²) in [6.07, 6.45) is 3.37. The molecule has 0 N–H and O–H groups in total. The van der Waals surface area contributed by atoms with E-state index in [1.807, 2.05) is 18.2 Å². The average Bonchev–Trinajstić information content (AvgIpc) is 3.20. The first-order valence-corrected chi connectivity index (χ1v) is 9.61. The molecule has 0 amide bonds. The van der Waals surface area contributed by atoms with Gasteiger partial charge in [-0.25, -0.2) is 4.39 Å². The normalized spacial score (nSPS) is 14.2. The van der Waals surface area contributed by atoms with Gasteiger partial charge in [0.1, 0.15) is 11.5 Å². The van der Waals surface area contributed by atoms with Crippen LogP contribution in [0, 0.1) is 5.82 Å². The zero-order valence-electron chi connectivity index (χ0n) is 16.2. The van der Waals surface area contributed by atoms with Gasteiger partial charge in [-0.2, -0.15) is 5.10 Å². The van der Waals surface area contributed by atoms with Crippen molar-refractivity contribution in [3.8, 4) is 11.3 Å². The number of allylic oxidation sites excluding steroid dienone is 1. The van der Waals surface area contributed by atoms with Gasteiger partial charge in [-0.1, -0.05) is 41.5 Å². The lowest BCUT2D eigenvalue weighted by Gasteiger charge is -2.18. The van der Waals surface area contributed by atoms with Gasteiger partial charge in [-0.05, 0) is 37.3 Å². The summed E-state index contributed by atoms with van der Waals surface area (Å²) >= 11 is 5.93. The smallest absolute Gasteiger partial charge is 0.167 e. The van der Waals surface area contributed by atoms with Gasteiger partial charge in [0.15, 0.2) is 5.76 Å². The third-order valence-corrected chi connectivity index (χ3v) is 4.78. The van der Waals surface area contributed by atoms with Gasteiger partial charge in [0, 0.05) is 33.5 Å². The maximum absolute atomic E-state index is 14.0. The molecular weight excluding hydrogens is 403 g/mol. The Morgan fingerprint density at radius 3 is 2.73 bits per heavy atom. The SMILES string of the molecule is C=C1C=NN(Cc2cc(-c3ccc(Cl)cc3)on2)C=C1N=C(C)c1ccccc1F. The Morgan fingerprint density at radius 2 is 1.97 bits per heavy atom. The van der Waals surface area contributed by atoms with Crippen LogP contribution in [0.25, 0.3) is 11.3 Å². The number of halogens is 2. The topological polar surface area (TPSA) is 54.0 Å². The van der Waals surface area contributed by atoms with Gasteiger partial charge in [0.05, 0.1) is 24.7 Å². The molecule has 2 aromatic carbocycles. The average molecular weight is 421 g/mol. The van der Waals surface area contributed by atoms with E-state index in [9.17, 15) is 4.39 Å². The Hall–Kier alpha value is -3.51. The van der Waals surface area contributed by atoms with E-state index < -0.39 is 0 Å². The minimum atomic E-state index is -0.316. The summed E-state index contributed by atoms with van der Waals surface area (Å²) in [6, 6.07) is 15.7. The summed E-state index contributed by atoms with van der Waals surface area (Å²) in [5.41, 5.74) is 3.84. The second kappa shape index (κ2) is 8.47. The molecule has 4 rings (SSSR count). The van der Waals surface area contributed by atoms with E-state index in [2.05, 4.69) is 21.8 Å². The number of aromatic nitrogens is 1. The predicted molar refractivity (Wildman–Crippen MR) is 117 cm³/mol. The number of hydrazone groups is 1. The van der Waals surface area contributed by atoms with Gasteiger partial charge in [-0.3, -0.25) is 10.0 Å². The number of rotatable bonds is 5. The first-order valence-electron chi connectivity index (χ1n) is 9.23. The van der Waals surface area contributed by atoms with Crippen LogP contribution >= 0.6 is 11.6 Å². The lowest BCUT2D eigenvalue weighted by Crippen LogP contribution is -2.16. The van der Waals surface area contributed by atoms with Gasteiger partial charge in [-0.15, -0.1) is 0 Å². The van der Waals surface area contributed by atoms with E-state index in [0.717, 1.165) is 5.56 Å². The molecule has 0 spiro atoms. The molecule has 3 aromatic rings. The van der Waals surface area contributed by atoms with Crippen LogP contribution in [0.1, 0.15) is 18.2 Å². The van der Waals surface area contributed by atoms with Crippen molar-refractivity contribution >= 4 is 23.5 Å². The fourth-order valence-corrected chi connectivity index (χ4v) is 3.08. The maximum Gasteiger partial charge on any atom is 0.167 e. The molecule has 7 heteroatoms. The molecule has 0 saturated carbocycles. The molecule has 5 nitrogen and oxygen atoms in total. The Labute approximate surface area is 178 Å². The zero-order valence-corrected chi connectivity index (χ0v) is 17.0. The third kappa shape index (κ3) is 4.39. The standard InChI is InChI=1S/C23H18ClFN4O/c1-15-12-26-29(14-22(15)27-16(2)20-5-3-4-6-21(20)25)13-19-11-23(30-28-19)17-7-9-18(24)10-8-17/h3-12,14H,1,13H2,2H3. The van der Waals surface area contributed by atoms with Crippen LogP contribution in [-0.2, 0) is 6.54 Å². The molecule has 0 fully saturated rings. The lowest BCUT2D eigenvalue weighted by molar-refractivity contribution is 0.358. The number of aliphatic imine (C=N–C) groups is 1. The molecule has 0 bridgehead atoms. The molecule has 0 saturated heterocycles. The molecule has 2 heterocycles. The fourth-order valence-electron chi connectivity index (χ4n) is 2.95. The number of nitrogens with zero attached hydrogens (tertiary/aromatic N) is 4. The highest BCUT2D eigenvalue weighted by molar-refractivity contribution is 6.30. The molecule has 1 aromatic heterocycles. The van der Waals surface area contributed by atoms with Crippen LogP contribution in [0.3, 0.4) is 0 Å². The Kier molecular flexibility index (Phi) is 5.59. The van der Waals surface area contributed by atoms with E-state index in [1.165, 1.54) is 6.07 Å². The first kappa shape index (κ1) is 19.8. The van der Waals surface area contributed by atoms with Crippen molar-refractivity contribution in [1.29, 1.82) is 0 Å². The van der Waals surface area contributed by atoms with Crippen molar-refractivity contribution in [3.63, 3.8) is 0 Å². The lowest BCUT2D eigenvalue weighted by atomic mass is 10.1. The molecule has 0 atom stereocenters. The third-order valence-electron chi connectivity index (χ3n) is 4.53. The molecule has 30 heavy (non-hydrogen) atoms. The first-order chi connectivity index (χ1) is 14.5. The van der Waals surface area contributed by atoms with Crippen LogP contribution in [-0.4, -0.2) is 22.1 Å². The molecule has 1 aliphatic rings. The highest BCUT2D eigenvalue weighted by Gasteiger charge is 2.14. The Bertz CT molecular complexity index is 1180. The Balaban J connectivity index is 1.53. The van der Waals surface area contributed by atoms with Crippen LogP contribution in [0.5, 0.6) is 0 Å². The van der Waals surface area contributed by atoms with Crippen molar-refractivity contribution in [3.05, 3.63) is 101 Å². The molecule has 0 aliphatic carbocycles. The van der Waals surface area contributed by atoms with E-state index in [0.29, 0.717) is 45.6 Å². The van der Waals surface area contributed by atoms with E-state index in [1.54, 1.807) is 54.7 Å². The van der Waals surface area contributed by atoms with Crippen molar-refractivity contribution in [2.24, 2.45) is 10.1 Å². The summed E-state index contributed by atoms with van der Waals surface area (Å²) < 4.78 is 19.5. The monoisotopic (exact) mass is 420 g/mol. The number of benzene rings is 2. The van der Waals surface area contributed by atoms with Crippen LogP contribution in [0.4, 0.5) is 4.39 Å². The summed E-state index contributed by atoms with van der Waals surface area (Å²) in [4.78, 5) is 4.55. The van der Waals surface area contributed by atoms with Gasteiger partial charge in [0.25, 0.3) is 0 Å². The highest BCUT2D eigenvalue weighted by atomic mass is 35.5. The van der Waals surface area contributed by atoms with Crippen LogP contribution < -0.4 is 0 Å². The molecule has 1 aliphatic heterocycles.